The van der Waals surface area contributed by atoms with Gasteiger partial charge in [0.05, 0.1) is 5.69 Å². The lowest BCUT2D eigenvalue weighted by Gasteiger charge is -2.06. The van der Waals surface area contributed by atoms with Crippen LogP contribution < -0.4 is 0 Å². The second kappa shape index (κ2) is 8.89. The van der Waals surface area contributed by atoms with Gasteiger partial charge in [0, 0.05) is 61.3 Å². The molecular formula is C26H22N6. The quantitative estimate of drug-likeness (QED) is 0.385. The highest BCUT2D eigenvalue weighted by Crippen LogP contribution is 2.29. The van der Waals surface area contributed by atoms with Gasteiger partial charge in [0.25, 0.3) is 0 Å². The van der Waals surface area contributed by atoms with Crippen LogP contribution in [-0.2, 0) is 13.0 Å². The molecule has 4 heterocycles. The molecule has 0 radical (unpaired) electrons. The first-order valence-corrected chi connectivity index (χ1v) is 10.6. The number of nitrogens with zero attached hydrogens (tertiary/aromatic N) is 6. The molecule has 32 heavy (non-hydrogen) atoms. The third-order valence-electron chi connectivity index (χ3n) is 5.31. The molecule has 0 unspecified atom stereocenters. The van der Waals surface area contributed by atoms with Crippen LogP contribution in [0.5, 0.6) is 0 Å². The van der Waals surface area contributed by atoms with Crippen LogP contribution in [0.15, 0.2) is 91.8 Å². The Hall–Kier alpha value is -4.19. The van der Waals surface area contributed by atoms with E-state index in [0.29, 0.717) is 6.42 Å². The molecule has 0 saturated heterocycles. The summed E-state index contributed by atoms with van der Waals surface area (Å²) in [6.07, 6.45) is 11.8. The van der Waals surface area contributed by atoms with E-state index in [1.165, 1.54) is 0 Å². The minimum atomic E-state index is 0.658. The van der Waals surface area contributed by atoms with Gasteiger partial charge >= 0.3 is 0 Å². The van der Waals surface area contributed by atoms with Crippen molar-refractivity contribution in [2.45, 2.75) is 19.9 Å². The van der Waals surface area contributed by atoms with Gasteiger partial charge in [-0.25, -0.2) is 9.97 Å². The summed E-state index contributed by atoms with van der Waals surface area (Å²) >= 11 is 0. The molecule has 0 saturated carbocycles. The molecule has 0 amide bonds. The van der Waals surface area contributed by atoms with Crippen molar-refractivity contribution < 1.29 is 0 Å². The summed E-state index contributed by atoms with van der Waals surface area (Å²) in [5.41, 5.74) is 7.10. The zero-order valence-electron chi connectivity index (χ0n) is 17.8. The normalized spacial score (nSPS) is 10.9. The molecule has 6 nitrogen and oxygen atoms in total. The summed E-state index contributed by atoms with van der Waals surface area (Å²) in [6, 6.07) is 18.3. The summed E-state index contributed by atoms with van der Waals surface area (Å²) in [5.74, 6) is 0.776. The Kier molecular flexibility index (Phi) is 5.49. The van der Waals surface area contributed by atoms with Crippen LogP contribution >= 0.6 is 0 Å². The first-order chi connectivity index (χ1) is 15.8. The van der Waals surface area contributed by atoms with Gasteiger partial charge in [-0.2, -0.15) is 5.10 Å². The fourth-order valence-electron chi connectivity index (χ4n) is 3.65. The standard InChI is InChI=1S/C26H22N6/c1-2-32-18-23(26(31-32)22-6-4-13-28-17-22)24-11-14-29-25(30-24)15-19-7-9-20(10-8-19)21-5-3-12-27-16-21/h3-14,16-18H,2,15H2,1H3. The smallest absolute Gasteiger partial charge is 0.133 e. The molecule has 0 bridgehead atoms. The van der Waals surface area contributed by atoms with Crippen molar-refractivity contribution in [1.29, 1.82) is 0 Å². The Morgan fingerprint density at radius 2 is 1.53 bits per heavy atom. The van der Waals surface area contributed by atoms with Crippen molar-refractivity contribution in [3.63, 3.8) is 0 Å². The lowest BCUT2D eigenvalue weighted by Crippen LogP contribution is -1.98. The molecule has 5 rings (SSSR count). The molecule has 4 aromatic heterocycles. The predicted molar refractivity (Wildman–Crippen MR) is 125 cm³/mol. The third kappa shape index (κ3) is 4.16. The number of hydrogen-bond acceptors (Lipinski definition) is 5. The lowest BCUT2D eigenvalue weighted by molar-refractivity contribution is 0.662. The van der Waals surface area contributed by atoms with Crippen LogP contribution in [0, 0.1) is 0 Å². The first-order valence-electron chi connectivity index (χ1n) is 10.6. The Labute approximate surface area is 186 Å². The minimum absolute atomic E-state index is 0.658. The molecule has 6 heteroatoms. The number of pyridine rings is 2. The van der Waals surface area contributed by atoms with Crippen LogP contribution in [0.25, 0.3) is 33.6 Å². The van der Waals surface area contributed by atoms with Gasteiger partial charge in [-0.15, -0.1) is 0 Å². The monoisotopic (exact) mass is 418 g/mol. The molecule has 0 N–H and O–H groups in total. The van der Waals surface area contributed by atoms with Crippen LogP contribution in [-0.4, -0.2) is 29.7 Å². The zero-order chi connectivity index (χ0) is 21.8. The van der Waals surface area contributed by atoms with Crippen LogP contribution in [0.3, 0.4) is 0 Å². The summed E-state index contributed by atoms with van der Waals surface area (Å²) in [6.45, 7) is 2.86. The van der Waals surface area contributed by atoms with Gasteiger partial charge in [0.2, 0.25) is 0 Å². The fraction of sp³-hybridized carbons (Fsp3) is 0.115. The Bertz CT molecular complexity index is 1310. The molecule has 1 aromatic carbocycles. The maximum absolute atomic E-state index is 4.86. The van der Waals surface area contributed by atoms with Crippen molar-refractivity contribution in [3.8, 4) is 33.6 Å². The highest BCUT2D eigenvalue weighted by atomic mass is 15.3. The van der Waals surface area contributed by atoms with E-state index < -0.39 is 0 Å². The number of aromatic nitrogens is 6. The van der Waals surface area contributed by atoms with Gasteiger partial charge in [-0.05, 0) is 47.9 Å². The third-order valence-corrected chi connectivity index (χ3v) is 5.31. The molecule has 156 valence electrons. The van der Waals surface area contributed by atoms with Crippen LogP contribution in [0.4, 0.5) is 0 Å². The second-order valence-corrected chi connectivity index (χ2v) is 7.46. The minimum Gasteiger partial charge on any atom is -0.272 e. The van der Waals surface area contributed by atoms with Gasteiger partial charge in [0.1, 0.15) is 11.5 Å². The Morgan fingerprint density at radius 1 is 0.781 bits per heavy atom. The maximum Gasteiger partial charge on any atom is 0.133 e. The molecule has 0 fully saturated rings. The van der Waals surface area contributed by atoms with Crippen LogP contribution in [0.1, 0.15) is 18.3 Å². The highest BCUT2D eigenvalue weighted by Gasteiger charge is 2.15. The van der Waals surface area contributed by atoms with E-state index in [2.05, 4.69) is 52.2 Å². The number of aryl methyl sites for hydroxylation is 1. The fourth-order valence-corrected chi connectivity index (χ4v) is 3.65. The van der Waals surface area contributed by atoms with Gasteiger partial charge < -0.3 is 0 Å². The number of hydrogen-bond donors (Lipinski definition) is 0. The average molecular weight is 419 g/mol. The number of rotatable bonds is 6. The van der Waals surface area contributed by atoms with E-state index >= 15 is 0 Å². The van der Waals surface area contributed by atoms with Crippen molar-refractivity contribution in [3.05, 3.63) is 103 Å². The van der Waals surface area contributed by atoms with E-state index in [-0.39, 0.29) is 0 Å². The van der Waals surface area contributed by atoms with E-state index in [0.717, 1.165) is 51.6 Å². The summed E-state index contributed by atoms with van der Waals surface area (Å²) in [7, 11) is 0. The lowest BCUT2D eigenvalue weighted by atomic mass is 10.0. The van der Waals surface area contributed by atoms with E-state index in [9.17, 15) is 0 Å². The maximum atomic E-state index is 4.86. The molecule has 0 spiro atoms. The molecule has 0 atom stereocenters. The molecular weight excluding hydrogens is 396 g/mol. The highest BCUT2D eigenvalue weighted by molar-refractivity contribution is 5.78. The van der Waals surface area contributed by atoms with Crippen molar-refractivity contribution in [2.24, 2.45) is 0 Å². The first kappa shape index (κ1) is 19.8. The summed E-state index contributed by atoms with van der Waals surface area (Å²) < 4.78 is 1.93. The molecule has 0 aliphatic rings. The Morgan fingerprint density at radius 3 is 2.22 bits per heavy atom. The van der Waals surface area contributed by atoms with Crippen molar-refractivity contribution in [1.82, 2.24) is 29.7 Å². The molecule has 0 aliphatic heterocycles. The number of benzene rings is 1. The van der Waals surface area contributed by atoms with E-state index in [1.807, 2.05) is 53.7 Å². The molecule has 5 aromatic rings. The predicted octanol–water partition coefficient (Wildman–Crippen LogP) is 5.07. The second-order valence-electron chi connectivity index (χ2n) is 7.46. The van der Waals surface area contributed by atoms with Crippen molar-refractivity contribution >= 4 is 0 Å². The SMILES string of the molecule is CCn1cc(-c2ccnc(Cc3ccc(-c4cccnc4)cc3)n2)c(-c2cccnc2)n1. The van der Waals surface area contributed by atoms with Gasteiger partial charge in [-0.1, -0.05) is 30.3 Å². The topological polar surface area (TPSA) is 69.4 Å². The van der Waals surface area contributed by atoms with Gasteiger partial charge in [0.15, 0.2) is 0 Å². The largest absolute Gasteiger partial charge is 0.272 e. The van der Waals surface area contributed by atoms with Crippen LogP contribution in [0.2, 0.25) is 0 Å². The van der Waals surface area contributed by atoms with Crippen molar-refractivity contribution in [2.75, 3.05) is 0 Å². The average Bonchev–Trinajstić information content (AvgIpc) is 3.31. The summed E-state index contributed by atoms with van der Waals surface area (Å²) in [4.78, 5) is 17.8. The molecule has 0 aliphatic carbocycles. The van der Waals surface area contributed by atoms with E-state index in [1.54, 1.807) is 12.4 Å². The summed E-state index contributed by atoms with van der Waals surface area (Å²) in [5, 5.41) is 4.74. The van der Waals surface area contributed by atoms with E-state index in [4.69, 9.17) is 10.1 Å². The zero-order valence-corrected chi connectivity index (χ0v) is 17.8. The van der Waals surface area contributed by atoms with Gasteiger partial charge in [-0.3, -0.25) is 14.6 Å². The Balaban J connectivity index is 1.43.